The highest BCUT2D eigenvalue weighted by atomic mass is 19.1. The molecule has 1 aromatic rings. The van der Waals surface area contributed by atoms with Crippen LogP contribution in [-0.4, -0.2) is 43.0 Å². The number of rotatable bonds is 3. The molecule has 0 spiro atoms. The number of nitrogen functional groups attached to an aromatic ring is 1. The molecule has 0 radical (unpaired) electrons. The van der Waals surface area contributed by atoms with E-state index in [1.165, 1.54) is 6.07 Å². The zero-order valence-corrected chi connectivity index (χ0v) is 11.4. The van der Waals surface area contributed by atoms with Crippen LogP contribution in [0.2, 0.25) is 0 Å². The van der Waals surface area contributed by atoms with Gasteiger partial charge in [0.2, 0.25) is 0 Å². The smallest absolute Gasteiger partial charge is 0.129 e. The van der Waals surface area contributed by atoms with Gasteiger partial charge >= 0.3 is 0 Å². The quantitative estimate of drug-likeness (QED) is 0.831. The number of nitrogens with two attached hydrogens (primary N) is 1. The molecule has 0 aliphatic carbocycles. The van der Waals surface area contributed by atoms with E-state index in [0.717, 1.165) is 18.7 Å². The third kappa shape index (κ3) is 2.82. The third-order valence-electron chi connectivity index (χ3n) is 3.78. The minimum absolute atomic E-state index is 0.198. The van der Waals surface area contributed by atoms with Gasteiger partial charge in [0.1, 0.15) is 5.82 Å². The number of hydrogen-bond donors (Lipinski definition) is 1. The zero-order chi connectivity index (χ0) is 13.3. The highest BCUT2D eigenvalue weighted by Crippen LogP contribution is 2.23. The molecule has 2 N–H and O–H groups in total. The molecule has 2 unspecified atom stereocenters. The average Bonchev–Trinajstić information content (AvgIpc) is 2.64. The molecule has 2 rings (SSSR count). The van der Waals surface area contributed by atoms with Crippen LogP contribution in [0.1, 0.15) is 12.5 Å². The number of likely N-dealkylation sites (N-methyl/N-ethyl adjacent to an activating group) is 1. The summed E-state index contributed by atoms with van der Waals surface area (Å²) in [6.45, 7) is 4.94. The lowest BCUT2D eigenvalue weighted by molar-refractivity contribution is 0.249. The molecule has 1 saturated heterocycles. The molecule has 0 bridgehead atoms. The molecule has 0 amide bonds. The molecule has 4 heteroatoms. The number of benzene rings is 1. The van der Waals surface area contributed by atoms with Crippen LogP contribution >= 0.6 is 0 Å². The molecule has 1 aliphatic heterocycles. The largest absolute Gasteiger partial charge is 0.399 e. The Labute approximate surface area is 108 Å². The first kappa shape index (κ1) is 13.3. The van der Waals surface area contributed by atoms with Gasteiger partial charge in [0.15, 0.2) is 0 Å². The number of anilines is 1. The van der Waals surface area contributed by atoms with Crippen LogP contribution in [0.5, 0.6) is 0 Å². The van der Waals surface area contributed by atoms with Crippen molar-refractivity contribution in [3.8, 4) is 0 Å². The zero-order valence-electron chi connectivity index (χ0n) is 11.4. The molecule has 0 aromatic heterocycles. The van der Waals surface area contributed by atoms with E-state index in [1.54, 1.807) is 12.1 Å². The van der Waals surface area contributed by atoms with Crippen LogP contribution in [0.15, 0.2) is 18.2 Å². The van der Waals surface area contributed by atoms with Crippen molar-refractivity contribution in [2.45, 2.75) is 19.5 Å². The molecule has 18 heavy (non-hydrogen) atoms. The second kappa shape index (κ2) is 5.24. The van der Waals surface area contributed by atoms with Gasteiger partial charge in [0.25, 0.3) is 0 Å². The maximum atomic E-state index is 13.7. The maximum absolute atomic E-state index is 13.7. The van der Waals surface area contributed by atoms with Crippen molar-refractivity contribution in [1.82, 2.24) is 9.80 Å². The Morgan fingerprint density at radius 3 is 2.67 bits per heavy atom. The average molecular weight is 251 g/mol. The van der Waals surface area contributed by atoms with Crippen molar-refractivity contribution in [1.29, 1.82) is 0 Å². The van der Waals surface area contributed by atoms with Gasteiger partial charge in [-0.15, -0.1) is 0 Å². The number of likely N-dealkylation sites (tertiary alicyclic amines) is 1. The first-order valence-electron chi connectivity index (χ1n) is 6.40. The summed E-state index contributed by atoms with van der Waals surface area (Å²) in [7, 11) is 4.21. The summed E-state index contributed by atoms with van der Waals surface area (Å²) >= 11 is 0. The van der Waals surface area contributed by atoms with Gasteiger partial charge in [-0.1, -0.05) is 13.0 Å². The number of nitrogens with zero attached hydrogens (tertiary/aromatic N) is 2. The van der Waals surface area contributed by atoms with Crippen LogP contribution in [0.4, 0.5) is 10.1 Å². The fraction of sp³-hybridized carbons (Fsp3) is 0.571. The summed E-state index contributed by atoms with van der Waals surface area (Å²) < 4.78 is 13.7. The van der Waals surface area contributed by atoms with E-state index >= 15 is 0 Å². The Balaban J connectivity index is 2.03. The molecule has 0 saturated carbocycles. The van der Waals surface area contributed by atoms with Gasteiger partial charge in [0.05, 0.1) is 0 Å². The molecule has 1 fully saturated rings. The Kier molecular flexibility index (Phi) is 3.88. The van der Waals surface area contributed by atoms with E-state index in [1.807, 2.05) is 0 Å². The van der Waals surface area contributed by atoms with Crippen molar-refractivity contribution < 1.29 is 4.39 Å². The van der Waals surface area contributed by atoms with Crippen molar-refractivity contribution in [3.05, 3.63) is 29.6 Å². The van der Waals surface area contributed by atoms with Crippen molar-refractivity contribution >= 4 is 5.69 Å². The Bertz CT molecular complexity index is 420. The molecule has 100 valence electrons. The molecule has 1 aliphatic rings. The molecular weight excluding hydrogens is 229 g/mol. The van der Waals surface area contributed by atoms with Gasteiger partial charge in [-0.2, -0.15) is 0 Å². The lowest BCUT2D eigenvalue weighted by Gasteiger charge is -2.22. The van der Waals surface area contributed by atoms with Crippen LogP contribution in [0.25, 0.3) is 0 Å². The van der Waals surface area contributed by atoms with Crippen molar-refractivity contribution in [2.75, 3.05) is 32.9 Å². The normalized spacial score (nSPS) is 24.9. The highest BCUT2D eigenvalue weighted by Gasteiger charge is 2.30. The first-order valence-corrected chi connectivity index (χ1v) is 6.40. The Morgan fingerprint density at radius 1 is 1.39 bits per heavy atom. The summed E-state index contributed by atoms with van der Waals surface area (Å²) in [5.74, 6) is 0.424. The minimum Gasteiger partial charge on any atom is -0.399 e. The van der Waals surface area contributed by atoms with Gasteiger partial charge < -0.3 is 10.6 Å². The highest BCUT2D eigenvalue weighted by molar-refractivity contribution is 5.40. The molecular formula is C14H22FN3. The maximum Gasteiger partial charge on any atom is 0.129 e. The van der Waals surface area contributed by atoms with E-state index in [9.17, 15) is 4.39 Å². The van der Waals surface area contributed by atoms with Gasteiger partial charge in [-0.25, -0.2) is 4.39 Å². The monoisotopic (exact) mass is 251 g/mol. The SMILES string of the molecule is CC1CN(Cc2ccc(N)cc2F)CC1N(C)C. The Morgan fingerprint density at radius 2 is 2.11 bits per heavy atom. The lowest BCUT2D eigenvalue weighted by atomic mass is 10.1. The van der Waals surface area contributed by atoms with E-state index in [-0.39, 0.29) is 5.82 Å². The fourth-order valence-corrected chi connectivity index (χ4v) is 2.78. The Hall–Kier alpha value is -1.13. The van der Waals surface area contributed by atoms with Gasteiger partial charge in [-0.3, -0.25) is 4.90 Å². The predicted octanol–water partition coefficient (Wildman–Crippen LogP) is 1.79. The fourth-order valence-electron chi connectivity index (χ4n) is 2.78. The lowest BCUT2D eigenvalue weighted by Crippen LogP contribution is -2.34. The standard InChI is InChI=1S/C14H22FN3/c1-10-7-18(9-14(10)17(2)3)8-11-4-5-12(16)6-13(11)15/h4-6,10,14H,7-9,16H2,1-3H3. The second-order valence-corrected chi connectivity index (χ2v) is 5.55. The van der Waals surface area contributed by atoms with Crippen LogP contribution in [-0.2, 0) is 6.54 Å². The molecule has 2 atom stereocenters. The number of halogens is 1. The van der Waals surface area contributed by atoms with Crippen molar-refractivity contribution in [3.63, 3.8) is 0 Å². The van der Waals surface area contributed by atoms with E-state index in [2.05, 4.69) is 30.8 Å². The van der Waals surface area contributed by atoms with E-state index < -0.39 is 0 Å². The molecule has 1 heterocycles. The molecule has 1 aromatic carbocycles. The van der Waals surface area contributed by atoms with E-state index in [4.69, 9.17) is 5.73 Å². The number of hydrogen-bond acceptors (Lipinski definition) is 3. The summed E-state index contributed by atoms with van der Waals surface area (Å²) in [6, 6.07) is 5.51. The van der Waals surface area contributed by atoms with Crippen molar-refractivity contribution in [2.24, 2.45) is 5.92 Å². The summed E-state index contributed by atoms with van der Waals surface area (Å²) in [5, 5.41) is 0. The van der Waals surface area contributed by atoms with Crippen LogP contribution in [0, 0.1) is 11.7 Å². The van der Waals surface area contributed by atoms with Crippen LogP contribution in [0.3, 0.4) is 0 Å². The third-order valence-corrected chi connectivity index (χ3v) is 3.78. The summed E-state index contributed by atoms with van der Waals surface area (Å²) in [6.07, 6.45) is 0. The summed E-state index contributed by atoms with van der Waals surface area (Å²) in [5.41, 5.74) is 6.77. The predicted molar refractivity (Wildman–Crippen MR) is 72.7 cm³/mol. The van der Waals surface area contributed by atoms with Crippen LogP contribution < -0.4 is 5.73 Å². The van der Waals surface area contributed by atoms with Gasteiger partial charge in [0, 0.05) is 36.9 Å². The van der Waals surface area contributed by atoms with E-state index in [0.29, 0.717) is 24.2 Å². The van der Waals surface area contributed by atoms with Gasteiger partial charge in [-0.05, 0) is 32.1 Å². The first-order chi connectivity index (χ1) is 8.47. The second-order valence-electron chi connectivity index (χ2n) is 5.55. The topological polar surface area (TPSA) is 32.5 Å². The molecule has 3 nitrogen and oxygen atoms in total. The minimum atomic E-state index is -0.198. The summed E-state index contributed by atoms with van der Waals surface area (Å²) in [4.78, 5) is 4.56.